The lowest BCUT2D eigenvalue weighted by atomic mass is 10.1. The summed E-state index contributed by atoms with van der Waals surface area (Å²) in [4.78, 5) is 13.6. The van der Waals surface area contributed by atoms with Crippen molar-refractivity contribution in [2.75, 3.05) is 44.5 Å². The maximum Gasteiger partial charge on any atom is 0.425 e. The molecule has 4 aromatic carbocycles. The number of anilines is 1. The van der Waals surface area contributed by atoms with Crippen molar-refractivity contribution >= 4 is 117 Å². The summed E-state index contributed by atoms with van der Waals surface area (Å²) in [5, 5.41) is 20.8. The minimum Gasteiger partial charge on any atom is -0.493 e. The van der Waals surface area contributed by atoms with Crippen molar-refractivity contribution in [3.05, 3.63) is 110 Å². The van der Waals surface area contributed by atoms with Crippen LogP contribution in [0.4, 0.5) is 28.7 Å². The minimum atomic E-state index is -4.66. The predicted molar refractivity (Wildman–Crippen MR) is 256 cm³/mol. The molecular formula is C39H40Cl4N8O15S4. The van der Waals surface area contributed by atoms with E-state index in [-0.39, 0.29) is 59.0 Å². The summed E-state index contributed by atoms with van der Waals surface area (Å²) in [7, 11) is -13.5. The number of halogens is 4. The van der Waals surface area contributed by atoms with E-state index in [1.54, 1.807) is 49.6 Å². The van der Waals surface area contributed by atoms with E-state index in [0.29, 0.717) is 76.1 Å². The molecule has 0 atom stereocenters. The summed E-state index contributed by atoms with van der Waals surface area (Å²) < 4.78 is 133. The van der Waals surface area contributed by atoms with Gasteiger partial charge in [0.05, 0.1) is 45.4 Å². The third-order valence-electron chi connectivity index (χ3n) is 8.33. The fourth-order valence-corrected chi connectivity index (χ4v) is 7.50. The van der Waals surface area contributed by atoms with Gasteiger partial charge in [-0.2, -0.15) is 37.0 Å². The van der Waals surface area contributed by atoms with Crippen LogP contribution in [-0.4, -0.2) is 105 Å². The van der Waals surface area contributed by atoms with Gasteiger partial charge in [0, 0.05) is 61.4 Å². The molecule has 23 nitrogen and oxygen atoms in total. The number of aromatic nitrogens is 3. The molecule has 5 rings (SSSR count). The van der Waals surface area contributed by atoms with E-state index >= 15 is 0 Å². The number of azo groups is 2. The number of hydrogen-bond acceptors (Lipinski definition) is 21. The molecule has 0 radical (unpaired) electrons. The van der Waals surface area contributed by atoms with E-state index in [0.717, 1.165) is 12.5 Å². The first-order valence-electron chi connectivity index (χ1n) is 19.7. The van der Waals surface area contributed by atoms with Crippen LogP contribution in [0.3, 0.4) is 0 Å². The van der Waals surface area contributed by atoms with Crippen LogP contribution in [0.5, 0.6) is 11.5 Å². The number of hydrogen-bond donors (Lipinski definition) is 3. The monoisotopic (exact) mass is 1130 g/mol. The van der Waals surface area contributed by atoms with Crippen LogP contribution >= 0.6 is 46.4 Å². The molecule has 0 aliphatic carbocycles. The average molecular weight is 1130 g/mol. The van der Waals surface area contributed by atoms with Crippen LogP contribution in [0.2, 0.25) is 20.1 Å². The molecule has 31 heteroatoms. The number of methoxy groups -OCH3 is 1. The van der Waals surface area contributed by atoms with Crippen LogP contribution in [0.15, 0.2) is 92.1 Å². The van der Waals surface area contributed by atoms with Crippen LogP contribution < -0.4 is 14.8 Å². The lowest BCUT2D eigenvalue weighted by molar-refractivity contribution is 0.197. The van der Waals surface area contributed by atoms with Crippen molar-refractivity contribution in [1.29, 1.82) is 0 Å². The fourth-order valence-electron chi connectivity index (χ4n) is 5.45. The van der Waals surface area contributed by atoms with E-state index in [1.807, 2.05) is 6.92 Å². The molecule has 378 valence electrons. The maximum atomic E-state index is 11.8. The first-order valence-corrected chi connectivity index (χ1v) is 26.3. The fraction of sp³-hybridized carbons (Fsp3) is 0.308. The highest BCUT2D eigenvalue weighted by atomic mass is 35.5. The highest BCUT2D eigenvalue weighted by Gasteiger charge is 2.19. The molecule has 0 aliphatic heterocycles. The summed E-state index contributed by atoms with van der Waals surface area (Å²) in [6, 6.07) is 16.9. The summed E-state index contributed by atoms with van der Waals surface area (Å²) in [6.07, 6.45) is 1.53. The molecule has 70 heavy (non-hydrogen) atoms. The second-order valence-electron chi connectivity index (χ2n) is 13.7. The van der Waals surface area contributed by atoms with Crippen molar-refractivity contribution in [2.24, 2.45) is 20.5 Å². The molecule has 0 aliphatic rings. The Morgan fingerprint density at radius 3 is 1.61 bits per heavy atom. The normalized spacial score (nSPS) is 11.4. The van der Waals surface area contributed by atoms with Crippen molar-refractivity contribution < 1.29 is 65.4 Å². The van der Waals surface area contributed by atoms with Crippen molar-refractivity contribution in [3.63, 3.8) is 0 Å². The van der Waals surface area contributed by atoms with E-state index in [4.69, 9.17) is 90.9 Å². The Morgan fingerprint density at radius 1 is 0.629 bits per heavy atom. The van der Waals surface area contributed by atoms with Gasteiger partial charge in [0.25, 0.3) is 20.2 Å². The van der Waals surface area contributed by atoms with Gasteiger partial charge in [-0.25, -0.2) is 4.98 Å². The highest BCUT2D eigenvalue weighted by molar-refractivity contribution is 7.86. The smallest absolute Gasteiger partial charge is 0.425 e. The second-order valence-corrected chi connectivity index (χ2v) is 19.1. The van der Waals surface area contributed by atoms with Gasteiger partial charge in [0.1, 0.15) is 39.4 Å². The number of nitrogens with zero attached hydrogens (tertiary/aromatic N) is 7. The summed E-state index contributed by atoms with van der Waals surface area (Å²) in [6.45, 7) is 3.23. The third kappa shape index (κ3) is 22.2. The Labute approximate surface area is 424 Å². The van der Waals surface area contributed by atoms with E-state index < -0.39 is 52.1 Å². The van der Waals surface area contributed by atoms with Crippen LogP contribution in [0.1, 0.15) is 49.0 Å². The lowest BCUT2D eigenvalue weighted by Gasteiger charge is -2.15. The maximum absolute atomic E-state index is 11.8. The number of rotatable bonds is 22. The minimum absolute atomic E-state index is 0.0301. The lowest BCUT2D eigenvalue weighted by Crippen LogP contribution is -2.13. The number of benzene rings is 4. The molecule has 0 amide bonds. The van der Waals surface area contributed by atoms with Crippen molar-refractivity contribution in [3.8, 4) is 11.5 Å². The molecule has 0 fully saturated rings. The van der Waals surface area contributed by atoms with Gasteiger partial charge < -0.3 is 19.5 Å². The summed E-state index contributed by atoms with van der Waals surface area (Å²) >= 11 is 25.4. The Morgan fingerprint density at radius 2 is 1.13 bits per heavy atom. The zero-order valence-corrected chi connectivity index (χ0v) is 42.7. The van der Waals surface area contributed by atoms with Crippen LogP contribution in [-0.2, 0) is 59.0 Å². The second kappa shape index (κ2) is 29.1. The highest BCUT2D eigenvalue weighted by Crippen LogP contribution is 2.38. The molecular weight excluding hydrogens is 1090 g/mol. The Balaban J connectivity index is 0.00000150. The molecule has 5 aromatic rings. The SMILES string of the molecule is CCCOc1cc(N=Nc2ccc(Cl)cc2)c(Cl)cc1Cc1nc(Cc2cc(Cl)c(N=Nc3ccc(Cl)c(S(=O)(=O)O)c3)cc2OCCCS(=O)(=O)O)nc(NCCCOC)n1.O=S(=O)=O.O=S(=O)=O. The molecule has 3 N–H and O–H groups in total. The quantitative estimate of drug-likeness (QED) is 0.0331. The standard InChI is InChI=1S/C39H40Cl4N8O9S2.2O3S/c1-3-13-59-34-22-32(50-48-27-8-6-26(40)7-9-27)30(42)17-24(34)19-37-45-38(47-39(46-37)44-12-4-14-58-2)20-25-18-31(43)33(23-35(25)60-15-5-16-61(52,53)54)51-49-28-10-11-29(41)36(21-28)62(55,56)57;2*1-4(2)3/h6-11,17-18,21-23H,3-5,12-16,19-20H2,1-2H3,(H,52,53,54)(H,55,56,57)(H,44,45,46,47);;. The van der Waals surface area contributed by atoms with Gasteiger partial charge in [-0.3, -0.25) is 9.11 Å². The Hall–Kier alpha value is -5.33. The van der Waals surface area contributed by atoms with Gasteiger partial charge in [-0.15, -0.1) is 35.5 Å². The van der Waals surface area contributed by atoms with E-state index in [1.165, 1.54) is 18.2 Å². The Kier molecular flexibility index (Phi) is 24.5. The van der Waals surface area contributed by atoms with E-state index in [2.05, 4.69) is 35.7 Å². The molecule has 1 aromatic heterocycles. The molecule has 0 spiro atoms. The predicted octanol–water partition coefficient (Wildman–Crippen LogP) is 8.63. The topological polar surface area (TPSA) is 339 Å². The molecule has 0 saturated heterocycles. The molecule has 0 bridgehead atoms. The third-order valence-corrected chi connectivity index (χ3v) is 11.3. The molecule has 1 heterocycles. The summed E-state index contributed by atoms with van der Waals surface area (Å²) in [5.41, 5.74) is 2.22. The van der Waals surface area contributed by atoms with Crippen molar-refractivity contribution in [2.45, 2.75) is 43.9 Å². The van der Waals surface area contributed by atoms with Crippen LogP contribution in [0, 0.1) is 0 Å². The van der Waals surface area contributed by atoms with Gasteiger partial charge in [-0.1, -0.05) is 53.3 Å². The summed E-state index contributed by atoms with van der Waals surface area (Å²) in [5.74, 6) is 1.09. The first-order chi connectivity index (χ1) is 33.0. The first kappa shape index (κ1) is 59.0. The molecule has 0 saturated carbocycles. The number of nitrogens with one attached hydrogen (secondary N) is 1. The van der Waals surface area contributed by atoms with Crippen molar-refractivity contribution in [1.82, 2.24) is 15.0 Å². The van der Waals surface area contributed by atoms with E-state index in [9.17, 15) is 25.9 Å². The largest absolute Gasteiger partial charge is 0.493 e. The van der Waals surface area contributed by atoms with Gasteiger partial charge in [-0.05, 0) is 73.9 Å². The van der Waals surface area contributed by atoms with Gasteiger partial charge in [0.2, 0.25) is 5.95 Å². The van der Waals surface area contributed by atoms with Gasteiger partial charge in [0.15, 0.2) is 0 Å². The Bertz CT molecular complexity index is 3080. The molecule has 0 unspecified atom stereocenters. The zero-order chi connectivity index (χ0) is 52.0. The zero-order valence-electron chi connectivity index (χ0n) is 36.4. The number of ether oxygens (including phenoxy) is 3. The van der Waals surface area contributed by atoms with Crippen LogP contribution in [0.25, 0.3) is 0 Å². The average Bonchev–Trinajstić information content (AvgIpc) is 3.26. The van der Waals surface area contributed by atoms with Gasteiger partial charge >= 0.3 is 21.2 Å².